The van der Waals surface area contributed by atoms with Crippen LogP contribution in [0.25, 0.3) is 0 Å². The number of pyridine rings is 1. The number of halogens is 1. The second-order valence-electron chi connectivity index (χ2n) is 4.86. The van der Waals surface area contributed by atoms with Crippen LogP contribution in [0.5, 0.6) is 5.88 Å². The van der Waals surface area contributed by atoms with Crippen molar-refractivity contribution in [2.45, 2.75) is 23.0 Å². The van der Waals surface area contributed by atoms with E-state index >= 15 is 0 Å². The molecule has 1 aliphatic rings. The second kappa shape index (κ2) is 6.08. The minimum Gasteiger partial charge on any atom is -0.480 e. The maximum absolute atomic E-state index is 12.4. The van der Waals surface area contributed by atoms with E-state index in [0.29, 0.717) is 16.3 Å². The van der Waals surface area contributed by atoms with Crippen molar-refractivity contribution in [1.29, 1.82) is 0 Å². The number of ether oxygens (including phenoxy) is 1. The van der Waals surface area contributed by atoms with Crippen molar-refractivity contribution in [3.63, 3.8) is 0 Å². The van der Waals surface area contributed by atoms with E-state index in [1.54, 1.807) is 12.1 Å². The fourth-order valence-electron chi connectivity index (χ4n) is 1.90. The van der Waals surface area contributed by atoms with Crippen LogP contribution in [0.2, 0.25) is 5.02 Å². The third kappa shape index (κ3) is 3.39. The van der Waals surface area contributed by atoms with Crippen LogP contribution >= 0.6 is 23.4 Å². The molecule has 3 nitrogen and oxygen atoms in total. The lowest BCUT2D eigenvalue weighted by molar-refractivity contribution is 0.103. The van der Waals surface area contributed by atoms with E-state index in [0.717, 1.165) is 5.25 Å². The molecule has 1 heterocycles. The molecular formula is C16H14ClNO2S. The smallest absolute Gasteiger partial charge is 0.232 e. The average Bonchev–Trinajstić information content (AvgIpc) is 3.32. The first-order valence-corrected chi connectivity index (χ1v) is 7.95. The SMILES string of the molecule is COc1nc(C(=O)c2ccc(SC3CC3)cc2)ccc1Cl. The van der Waals surface area contributed by atoms with Crippen LogP contribution in [-0.2, 0) is 0 Å². The van der Waals surface area contributed by atoms with Gasteiger partial charge in [0.05, 0.1) is 7.11 Å². The molecular weight excluding hydrogens is 306 g/mol. The van der Waals surface area contributed by atoms with Gasteiger partial charge in [0.1, 0.15) is 10.7 Å². The lowest BCUT2D eigenvalue weighted by atomic mass is 10.1. The van der Waals surface area contributed by atoms with E-state index in [9.17, 15) is 4.79 Å². The molecule has 3 rings (SSSR count). The Hall–Kier alpha value is -1.52. The van der Waals surface area contributed by atoms with Crippen LogP contribution in [0, 0.1) is 0 Å². The normalized spacial score (nSPS) is 14.0. The van der Waals surface area contributed by atoms with E-state index in [2.05, 4.69) is 4.98 Å². The van der Waals surface area contributed by atoms with Crippen LogP contribution in [0.4, 0.5) is 0 Å². The van der Waals surface area contributed by atoms with E-state index < -0.39 is 0 Å². The van der Waals surface area contributed by atoms with Crippen LogP contribution < -0.4 is 4.74 Å². The Kier molecular flexibility index (Phi) is 4.17. The number of benzene rings is 1. The van der Waals surface area contributed by atoms with Crippen molar-refractivity contribution in [3.8, 4) is 5.88 Å². The van der Waals surface area contributed by atoms with E-state index in [-0.39, 0.29) is 11.7 Å². The van der Waals surface area contributed by atoms with Gasteiger partial charge in [-0.3, -0.25) is 4.79 Å². The molecule has 0 aliphatic heterocycles. The number of carbonyl (C=O) groups excluding carboxylic acids is 1. The van der Waals surface area contributed by atoms with Crippen LogP contribution in [0.3, 0.4) is 0 Å². The van der Waals surface area contributed by atoms with Gasteiger partial charge in [-0.2, -0.15) is 0 Å². The zero-order chi connectivity index (χ0) is 14.8. The molecule has 1 aromatic carbocycles. The van der Waals surface area contributed by atoms with Crippen molar-refractivity contribution >= 4 is 29.1 Å². The molecule has 108 valence electrons. The number of thioether (sulfide) groups is 1. The average molecular weight is 320 g/mol. The maximum atomic E-state index is 12.4. The maximum Gasteiger partial charge on any atom is 0.232 e. The number of hydrogen-bond donors (Lipinski definition) is 0. The van der Waals surface area contributed by atoms with Crippen LogP contribution in [-0.4, -0.2) is 23.1 Å². The van der Waals surface area contributed by atoms with Crippen LogP contribution in [0.15, 0.2) is 41.3 Å². The van der Waals surface area contributed by atoms with Crippen molar-refractivity contribution in [2.24, 2.45) is 0 Å². The molecule has 2 aromatic rings. The number of aromatic nitrogens is 1. The van der Waals surface area contributed by atoms with Gasteiger partial charge < -0.3 is 4.74 Å². The Labute approximate surface area is 132 Å². The molecule has 1 aromatic heterocycles. The largest absolute Gasteiger partial charge is 0.480 e. The number of nitrogens with zero attached hydrogens (tertiary/aromatic N) is 1. The Morgan fingerprint density at radius 1 is 1.24 bits per heavy atom. The first-order chi connectivity index (χ1) is 10.2. The highest BCUT2D eigenvalue weighted by atomic mass is 35.5. The Morgan fingerprint density at radius 2 is 1.95 bits per heavy atom. The monoisotopic (exact) mass is 319 g/mol. The van der Waals surface area contributed by atoms with Crippen molar-refractivity contribution < 1.29 is 9.53 Å². The standard InChI is InChI=1S/C16H14ClNO2S/c1-20-16-13(17)8-9-14(18-16)15(19)10-2-4-11(5-3-10)21-12-6-7-12/h2-5,8-9,12H,6-7H2,1H3. The number of rotatable bonds is 5. The molecule has 0 bridgehead atoms. The van der Waals surface area contributed by atoms with Gasteiger partial charge in [0, 0.05) is 15.7 Å². The van der Waals surface area contributed by atoms with Gasteiger partial charge in [0.15, 0.2) is 0 Å². The molecule has 0 N–H and O–H groups in total. The van der Waals surface area contributed by atoms with Crippen molar-refractivity contribution in [1.82, 2.24) is 4.98 Å². The van der Waals surface area contributed by atoms with E-state index in [4.69, 9.17) is 16.3 Å². The fraction of sp³-hybridized carbons (Fsp3) is 0.250. The van der Waals surface area contributed by atoms with Gasteiger partial charge >= 0.3 is 0 Å². The Morgan fingerprint density at radius 3 is 2.57 bits per heavy atom. The molecule has 1 fully saturated rings. The quantitative estimate of drug-likeness (QED) is 0.773. The summed E-state index contributed by atoms with van der Waals surface area (Å²) in [5.41, 5.74) is 0.950. The molecule has 0 radical (unpaired) electrons. The minimum absolute atomic E-state index is 0.132. The van der Waals surface area contributed by atoms with Gasteiger partial charge in [-0.15, -0.1) is 11.8 Å². The molecule has 0 spiro atoms. The molecule has 0 amide bonds. The summed E-state index contributed by atoms with van der Waals surface area (Å²) in [6, 6.07) is 10.9. The minimum atomic E-state index is -0.132. The highest BCUT2D eigenvalue weighted by molar-refractivity contribution is 8.00. The number of carbonyl (C=O) groups is 1. The van der Waals surface area contributed by atoms with Crippen molar-refractivity contribution in [2.75, 3.05) is 7.11 Å². The van der Waals surface area contributed by atoms with Gasteiger partial charge in [-0.05, 0) is 49.2 Å². The van der Waals surface area contributed by atoms with Gasteiger partial charge in [0.25, 0.3) is 0 Å². The third-order valence-corrected chi connectivity index (χ3v) is 4.82. The Bertz CT molecular complexity index is 668. The lowest BCUT2D eigenvalue weighted by Crippen LogP contribution is -2.05. The summed E-state index contributed by atoms with van der Waals surface area (Å²) in [6.07, 6.45) is 2.58. The molecule has 1 saturated carbocycles. The Balaban J connectivity index is 1.80. The lowest BCUT2D eigenvalue weighted by Gasteiger charge is -2.06. The number of methoxy groups -OCH3 is 1. The molecule has 0 unspecified atom stereocenters. The first kappa shape index (κ1) is 14.4. The molecule has 0 atom stereocenters. The number of hydrogen-bond acceptors (Lipinski definition) is 4. The summed E-state index contributed by atoms with van der Waals surface area (Å²) in [6.45, 7) is 0. The summed E-state index contributed by atoms with van der Waals surface area (Å²) < 4.78 is 5.04. The summed E-state index contributed by atoms with van der Waals surface area (Å²) >= 11 is 7.79. The van der Waals surface area contributed by atoms with Gasteiger partial charge in [-0.25, -0.2) is 4.98 Å². The number of ketones is 1. The van der Waals surface area contributed by atoms with E-state index in [1.807, 2.05) is 36.0 Å². The highest BCUT2D eigenvalue weighted by Crippen LogP contribution is 2.39. The van der Waals surface area contributed by atoms with Gasteiger partial charge in [0.2, 0.25) is 11.7 Å². The second-order valence-corrected chi connectivity index (χ2v) is 6.64. The summed E-state index contributed by atoms with van der Waals surface area (Å²) in [5.74, 6) is 0.136. The molecule has 21 heavy (non-hydrogen) atoms. The predicted molar refractivity (Wildman–Crippen MR) is 84.6 cm³/mol. The predicted octanol–water partition coefficient (Wildman–Crippen LogP) is 4.23. The van der Waals surface area contributed by atoms with Crippen LogP contribution in [0.1, 0.15) is 28.9 Å². The summed E-state index contributed by atoms with van der Waals surface area (Å²) in [5, 5.41) is 1.15. The summed E-state index contributed by atoms with van der Waals surface area (Å²) in [4.78, 5) is 17.7. The highest BCUT2D eigenvalue weighted by Gasteiger charge is 2.22. The zero-order valence-electron chi connectivity index (χ0n) is 11.5. The summed E-state index contributed by atoms with van der Waals surface area (Å²) in [7, 11) is 1.48. The first-order valence-electron chi connectivity index (χ1n) is 6.69. The zero-order valence-corrected chi connectivity index (χ0v) is 13.1. The topological polar surface area (TPSA) is 39.2 Å². The molecule has 5 heteroatoms. The van der Waals surface area contributed by atoms with E-state index in [1.165, 1.54) is 24.8 Å². The van der Waals surface area contributed by atoms with Gasteiger partial charge in [-0.1, -0.05) is 11.6 Å². The fourth-order valence-corrected chi connectivity index (χ4v) is 3.14. The molecule has 0 saturated heterocycles. The molecule has 1 aliphatic carbocycles. The van der Waals surface area contributed by atoms with Crippen molar-refractivity contribution in [3.05, 3.63) is 52.7 Å². The third-order valence-electron chi connectivity index (χ3n) is 3.18.